The molecule has 0 aliphatic rings. The molecule has 60 heavy (non-hydrogen) atoms. The zero-order chi connectivity index (χ0) is 44.0. The zero-order valence-corrected chi connectivity index (χ0v) is 38.2. The second kappa shape index (κ2) is 45.1. The summed E-state index contributed by atoms with van der Waals surface area (Å²) in [5, 5.41) is 22.6. The first-order chi connectivity index (χ1) is 29.3. The van der Waals surface area contributed by atoms with Gasteiger partial charge in [-0.25, -0.2) is 4.79 Å². The SMILES string of the molecule is CC/C=C\C/C=C\C/C=C\C/C=C\CCCCCCCCC(=O)OC(CCC/C=C\CCCCCCCCCC)CCCCCCCC(=O)NCC(=O)NC(CO)C(=O)O. The van der Waals surface area contributed by atoms with E-state index in [1.54, 1.807) is 0 Å². The predicted molar refractivity (Wildman–Crippen MR) is 250 cm³/mol. The van der Waals surface area contributed by atoms with Crippen LogP contribution in [0.1, 0.15) is 213 Å². The molecule has 4 N–H and O–H groups in total. The number of aliphatic hydroxyl groups excluding tert-OH is 1. The number of unbranched alkanes of at least 4 members (excludes halogenated alkanes) is 19. The molecule has 0 bridgehead atoms. The fourth-order valence-corrected chi connectivity index (χ4v) is 6.82. The molecule has 0 aromatic heterocycles. The van der Waals surface area contributed by atoms with Crippen LogP contribution in [0.15, 0.2) is 60.8 Å². The maximum atomic E-state index is 12.8. The summed E-state index contributed by atoms with van der Waals surface area (Å²) in [7, 11) is 0. The molecule has 0 aromatic carbocycles. The van der Waals surface area contributed by atoms with Crippen molar-refractivity contribution in [2.75, 3.05) is 13.2 Å². The number of carbonyl (C=O) groups excluding carboxylic acids is 3. The monoisotopic (exact) mass is 841 g/mol. The maximum absolute atomic E-state index is 12.8. The van der Waals surface area contributed by atoms with E-state index in [-0.39, 0.29) is 30.9 Å². The van der Waals surface area contributed by atoms with Crippen molar-refractivity contribution >= 4 is 23.8 Å². The number of aliphatic carboxylic acids is 1. The van der Waals surface area contributed by atoms with Crippen LogP contribution in [0.4, 0.5) is 0 Å². The van der Waals surface area contributed by atoms with E-state index < -0.39 is 24.5 Å². The Balaban J connectivity index is 4.36. The minimum Gasteiger partial charge on any atom is -0.480 e. The van der Waals surface area contributed by atoms with E-state index >= 15 is 0 Å². The Kier molecular flexibility index (Phi) is 42.5. The average molecular weight is 841 g/mol. The van der Waals surface area contributed by atoms with Gasteiger partial charge >= 0.3 is 11.9 Å². The van der Waals surface area contributed by atoms with Gasteiger partial charge in [-0.15, -0.1) is 0 Å². The van der Waals surface area contributed by atoms with Gasteiger partial charge in [0, 0.05) is 12.8 Å². The summed E-state index contributed by atoms with van der Waals surface area (Å²) in [6.45, 7) is 3.37. The highest BCUT2D eigenvalue weighted by Gasteiger charge is 2.19. The van der Waals surface area contributed by atoms with E-state index in [9.17, 15) is 19.2 Å². The Hall–Kier alpha value is -3.46. The van der Waals surface area contributed by atoms with E-state index in [0.29, 0.717) is 12.8 Å². The number of esters is 1. The highest BCUT2D eigenvalue weighted by molar-refractivity contribution is 5.87. The summed E-state index contributed by atoms with van der Waals surface area (Å²) in [5.74, 6) is -2.33. The average Bonchev–Trinajstić information content (AvgIpc) is 3.23. The topological polar surface area (TPSA) is 142 Å². The number of rotatable bonds is 43. The lowest BCUT2D eigenvalue weighted by Gasteiger charge is -2.18. The number of nitrogens with one attached hydrogen (secondary N) is 2. The Labute approximate surface area is 366 Å². The molecule has 0 aliphatic heterocycles. The van der Waals surface area contributed by atoms with Crippen LogP contribution in [0.2, 0.25) is 0 Å². The second-order valence-electron chi connectivity index (χ2n) is 16.2. The number of hydrogen-bond donors (Lipinski definition) is 4. The van der Waals surface area contributed by atoms with Crippen LogP contribution in [0.3, 0.4) is 0 Å². The molecule has 0 saturated heterocycles. The highest BCUT2D eigenvalue weighted by atomic mass is 16.5. The molecule has 2 atom stereocenters. The number of ether oxygens (including phenoxy) is 1. The molecule has 0 radical (unpaired) electrons. The van der Waals surface area contributed by atoms with Gasteiger partial charge in [0.15, 0.2) is 0 Å². The minimum absolute atomic E-state index is 0.0551. The summed E-state index contributed by atoms with van der Waals surface area (Å²) < 4.78 is 6.03. The predicted octanol–water partition coefficient (Wildman–Crippen LogP) is 12.5. The van der Waals surface area contributed by atoms with Crippen LogP contribution >= 0.6 is 0 Å². The molecule has 0 saturated carbocycles. The number of amides is 2. The van der Waals surface area contributed by atoms with Crippen molar-refractivity contribution in [2.45, 2.75) is 225 Å². The van der Waals surface area contributed by atoms with Crippen molar-refractivity contribution in [3.8, 4) is 0 Å². The third kappa shape index (κ3) is 41.3. The molecule has 0 aromatic rings. The standard InChI is InChI=1S/C51H88N2O7/c1-3-5-7-9-11-13-15-17-18-19-20-21-22-24-26-28-30-35-39-43-50(57)60-46(40-36-32-29-27-25-23-16-14-12-10-8-6-4-2)41-37-33-31-34-38-42-48(55)52-44-49(56)53-47(45-54)51(58)59/h5,7,11,13,17-18,20-21,27,29,46-47,54H,3-4,6,8-10,12,14-16,19,22-26,28,30-45H2,1-2H3,(H,52,55)(H,53,56)(H,58,59)/b7-5-,13-11-,18-17-,21-20-,29-27-. The van der Waals surface area contributed by atoms with Gasteiger partial charge in [-0.05, 0) is 96.3 Å². The molecule has 2 amide bonds. The van der Waals surface area contributed by atoms with Gasteiger partial charge in [-0.3, -0.25) is 14.4 Å². The number of carboxylic acids is 1. The summed E-state index contributed by atoms with van der Waals surface area (Å²) in [4.78, 5) is 47.7. The van der Waals surface area contributed by atoms with Gasteiger partial charge in [-0.1, -0.05) is 164 Å². The Bertz CT molecular complexity index is 1190. The third-order valence-corrected chi connectivity index (χ3v) is 10.5. The number of hydrogen-bond acceptors (Lipinski definition) is 6. The van der Waals surface area contributed by atoms with Crippen molar-refractivity contribution < 1.29 is 34.1 Å². The fourth-order valence-electron chi connectivity index (χ4n) is 6.82. The number of carboxylic acid groups (broad SMARTS) is 1. The zero-order valence-electron chi connectivity index (χ0n) is 38.2. The van der Waals surface area contributed by atoms with E-state index in [1.165, 1.54) is 70.6 Å². The van der Waals surface area contributed by atoms with Crippen molar-refractivity contribution in [2.24, 2.45) is 0 Å². The minimum atomic E-state index is -1.39. The van der Waals surface area contributed by atoms with Crippen LogP contribution in [-0.4, -0.2) is 59.3 Å². The molecule has 0 rings (SSSR count). The van der Waals surface area contributed by atoms with Gasteiger partial charge in [-0.2, -0.15) is 0 Å². The molecule has 0 fully saturated rings. The van der Waals surface area contributed by atoms with Crippen molar-refractivity contribution in [1.82, 2.24) is 10.6 Å². The van der Waals surface area contributed by atoms with E-state index in [1.807, 2.05) is 0 Å². The van der Waals surface area contributed by atoms with Crippen molar-refractivity contribution in [1.29, 1.82) is 0 Å². The van der Waals surface area contributed by atoms with Gasteiger partial charge in [0.2, 0.25) is 11.8 Å². The second-order valence-corrected chi connectivity index (χ2v) is 16.2. The molecule has 0 aliphatic carbocycles. The van der Waals surface area contributed by atoms with Crippen molar-refractivity contribution in [3.05, 3.63) is 60.8 Å². The summed E-state index contributed by atoms with van der Waals surface area (Å²) in [5.41, 5.74) is 0. The Morgan fingerprint density at radius 1 is 0.517 bits per heavy atom. The molecule has 0 spiro atoms. The fraction of sp³-hybridized carbons (Fsp3) is 0.725. The number of carbonyl (C=O) groups is 4. The quantitative estimate of drug-likeness (QED) is 0.0272. The van der Waals surface area contributed by atoms with Gasteiger partial charge in [0.1, 0.15) is 12.1 Å². The normalized spacial score (nSPS) is 13.0. The first kappa shape index (κ1) is 56.5. The summed E-state index contributed by atoms with van der Waals surface area (Å²) >= 11 is 0. The van der Waals surface area contributed by atoms with E-state index in [0.717, 1.165) is 109 Å². The lowest BCUT2D eigenvalue weighted by atomic mass is 10.0. The van der Waals surface area contributed by atoms with Crippen LogP contribution in [0.25, 0.3) is 0 Å². The van der Waals surface area contributed by atoms with Crippen LogP contribution in [-0.2, 0) is 23.9 Å². The maximum Gasteiger partial charge on any atom is 0.328 e. The van der Waals surface area contributed by atoms with Gasteiger partial charge in [0.05, 0.1) is 13.2 Å². The first-order valence-electron chi connectivity index (χ1n) is 24.2. The Morgan fingerprint density at radius 2 is 0.967 bits per heavy atom. The lowest BCUT2D eigenvalue weighted by molar-refractivity contribution is -0.150. The van der Waals surface area contributed by atoms with Gasteiger partial charge in [0.25, 0.3) is 0 Å². The third-order valence-electron chi connectivity index (χ3n) is 10.5. The molecule has 0 heterocycles. The van der Waals surface area contributed by atoms with Crippen molar-refractivity contribution in [3.63, 3.8) is 0 Å². The molecular weight excluding hydrogens is 753 g/mol. The van der Waals surface area contributed by atoms with Gasteiger partial charge < -0.3 is 25.6 Å². The number of allylic oxidation sites excluding steroid dienone is 10. The molecular formula is C51H88N2O7. The molecule has 9 nitrogen and oxygen atoms in total. The largest absolute Gasteiger partial charge is 0.480 e. The lowest BCUT2D eigenvalue weighted by Crippen LogP contribution is -2.47. The summed E-state index contributed by atoms with van der Waals surface area (Å²) in [6.07, 6.45) is 55.3. The highest BCUT2D eigenvalue weighted by Crippen LogP contribution is 2.18. The van der Waals surface area contributed by atoms with E-state index in [4.69, 9.17) is 14.9 Å². The Morgan fingerprint density at radius 3 is 1.52 bits per heavy atom. The van der Waals surface area contributed by atoms with Crippen LogP contribution in [0, 0.1) is 0 Å². The smallest absolute Gasteiger partial charge is 0.328 e. The van der Waals surface area contributed by atoms with E-state index in [2.05, 4.69) is 85.2 Å². The first-order valence-corrected chi connectivity index (χ1v) is 24.2. The summed E-state index contributed by atoms with van der Waals surface area (Å²) in [6, 6.07) is -1.39. The molecule has 2 unspecified atom stereocenters. The van der Waals surface area contributed by atoms with Crippen LogP contribution in [0.5, 0.6) is 0 Å². The number of aliphatic hydroxyl groups is 1. The molecule has 344 valence electrons. The molecule has 9 heteroatoms. The van der Waals surface area contributed by atoms with Crippen LogP contribution < -0.4 is 10.6 Å².